The summed E-state index contributed by atoms with van der Waals surface area (Å²) in [6.07, 6.45) is 3.37. The summed E-state index contributed by atoms with van der Waals surface area (Å²) in [6, 6.07) is 16.2. The molecule has 2 aromatic rings. The third kappa shape index (κ3) is 3.72. The minimum atomic E-state index is -0.564. The van der Waals surface area contributed by atoms with Crippen LogP contribution in [0.15, 0.2) is 54.6 Å². The molecule has 1 aliphatic rings. The molecule has 3 atom stereocenters. The fourth-order valence-electron chi connectivity index (χ4n) is 3.06. The maximum Gasteiger partial charge on any atom is 0.119 e. The molecule has 0 unspecified atom stereocenters. The minimum absolute atomic E-state index is 0.00703. The number of benzene rings is 2. The van der Waals surface area contributed by atoms with Gasteiger partial charge in [-0.1, -0.05) is 64.5 Å². The van der Waals surface area contributed by atoms with Crippen molar-refractivity contribution in [3.8, 4) is 5.75 Å². The molecule has 0 fully saturated rings. The van der Waals surface area contributed by atoms with Crippen molar-refractivity contribution in [1.29, 1.82) is 0 Å². The van der Waals surface area contributed by atoms with Crippen LogP contribution in [0.2, 0.25) is 0 Å². The van der Waals surface area contributed by atoms with Crippen LogP contribution in [0, 0.1) is 0 Å². The first-order chi connectivity index (χ1) is 11.7. The van der Waals surface area contributed by atoms with E-state index in [2.05, 4.69) is 46.3 Å². The predicted octanol–water partition coefficient (Wildman–Crippen LogP) is 4.15. The summed E-state index contributed by atoms with van der Waals surface area (Å²) in [5, 5.41) is 10.8. The molecule has 2 aromatic carbocycles. The van der Waals surface area contributed by atoms with Crippen LogP contribution in [0.4, 0.5) is 0 Å². The Kier molecular flexibility index (Phi) is 5.72. The summed E-state index contributed by atoms with van der Waals surface area (Å²) in [5.74, 6) is 0.815. The number of aliphatic hydroxyl groups excluding tert-OH is 1. The Labute approximate surface area is 151 Å². The van der Waals surface area contributed by atoms with E-state index in [-0.39, 0.29) is 12.0 Å². The summed E-state index contributed by atoms with van der Waals surface area (Å²) in [4.78, 5) is 0. The SMILES string of the molecule is COc1ccc2c(c1)CO[C@H]([C@H](O)CBr)[C@H]2/C=C/c1ccccc1. The van der Waals surface area contributed by atoms with E-state index in [1.54, 1.807) is 7.11 Å². The highest BCUT2D eigenvalue weighted by Gasteiger charge is 2.33. The lowest BCUT2D eigenvalue weighted by Crippen LogP contribution is -2.38. The smallest absolute Gasteiger partial charge is 0.119 e. The lowest BCUT2D eigenvalue weighted by molar-refractivity contribution is -0.0523. The third-order valence-electron chi connectivity index (χ3n) is 4.33. The summed E-state index contributed by atoms with van der Waals surface area (Å²) in [7, 11) is 1.66. The average Bonchev–Trinajstić information content (AvgIpc) is 2.65. The van der Waals surface area contributed by atoms with Crippen molar-refractivity contribution in [2.24, 2.45) is 0 Å². The zero-order valence-corrected chi connectivity index (χ0v) is 15.1. The molecule has 1 heterocycles. The van der Waals surface area contributed by atoms with Crippen molar-refractivity contribution in [3.05, 3.63) is 71.3 Å². The van der Waals surface area contributed by atoms with Gasteiger partial charge in [-0.2, -0.15) is 0 Å². The number of fused-ring (bicyclic) bond motifs is 1. The lowest BCUT2D eigenvalue weighted by atomic mass is 9.84. The number of halogens is 1. The fraction of sp³-hybridized carbons (Fsp3) is 0.300. The number of rotatable bonds is 5. The van der Waals surface area contributed by atoms with Gasteiger partial charge in [0.05, 0.1) is 25.9 Å². The van der Waals surface area contributed by atoms with Crippen molar-refractivity contribution >= 4 is 22.0 Å². The third-order valence-corrected chi connectivity index (χ3v) is 4.99. The Morgan fingerprint density at radius 2 is 2.08 bits per heavy atom. The van der Waals surface area contributed by atoms with Crippen molar-refractivity contribution in [2.75, 3.05) is 12.4 Å². The molecule has 4 heteroatoms. The molecule has 3 rings (SSSR count). The van der Waals surface area contributed by atoms with Gasteiger partial charge in [0.1, 0.15) is 5.75 Å². The monoisotopic (exact) mass is 388 g/mol. The van der Waals surface area contributed by atoms with E-state index >= 15 is 0 Å². The zero-order valence-electron chi connectivity index (χ0n) is 13.6. The van der Waals surface area contributed by atoms with Gasteiger partial charge in [0.25, 0.3) is 0 Å². The Bertz CT molecular complexity index is 699. The lowest BCUT2D eigenvalue weighted by Gasteiger charge is -2.34. The topological polar surface area (TPSA) is 38.7 Å². The summed E-state index contributed by atoms with van der Waals surface area (Å²) in [6.45, 7) is 0.483. The first-order valence-electron chi connectivity index (χ1n) is 7.98. The molecule has 0 amide bonds. The van der Waals surface area contributed by atoms with Crippen LogP contribution >= 0.6 is 15.9 Å². The molecule has 0 radical (unpaired) electrons. The van der Waals surface area contributed by atoms with Gasteiger partial charge in [0.2, 0.25) is 0 Å². The van der Waals surface area contributed by atoms with Crippen LogP contribution < -0.4 is 4.74 Å². The fourth-order valence-corrected chi connectivity index (χ4v) is 3.42. The van der Waals surface area contributed by atoms with Gasteiger partial charge in [0.15, 0.2) is 0 Å². The number of alkyl halides is 1. The molecule has 1 aliphatic heterocycles. The second-order valence-electron chi connectivity index (χ2n) is 5.86. The molecule has 24 heavy (non-hydrogen) atoms. The predicted molar refractivity (Wildman–Crippen MR) is 99.6 cm³/mol. The number of hydrogen-bond donors (Lipinski definition) is 1. The van der Waals surface area contributed by atoms with E-state index < -0.39 is 6.10 Å². The van der Waals surface area contributed by atoms with E-state index in [0.717, 1.165) is 16.9 Å². The van der Waals surface area contributed by atoms with Crippen LogP contribution in [0.5, 0.6) is 5.75 Å². The van der Waals surface area contributed by atoms with Gasteiger partial charge in [-0.25, -0.2) is 0 Å². The molecular weight excluding hydrogens is 368 g/mol. The second-order valence-corrected chi connectivity index (χ2v) is 6.51. The maximum absolute atomic E-state index is 10.3. The maximum atomic E-state index is 10.3. The van der Waals surface area contributed by atoms with E-state index in [4.69, 9.17) is 9.47 Å². The molecule has 3 nitrogen and oxygen atoms in total. The average molecular weight is 389 g/mol. The second kappa shape index (κ2) is 7.97. The highest BCUT2D eigenvalue weighted by molar-refractivity contribution is 9.09. The van der Waals surface area contributed by atoms with Gasteiger partial charge >= 0.3 is 0 Å². The molecule has 0 bridgehead atoms. The summed E-state index contributed by atoms with van der Waals surface area (Å²) >= 11 is 3.36. The van der Waals surface area contributed by atoms with Gasteiger partial charge in [-0.05, 0) is 28.8 Å². The molecule has 0 aliphatic carbocycles. The number of hydrogen-bond acceptors (Lipinski definition) is 3. The van der Waals surface area contributed by atoms with Crippen LogP contribution in [0.25, 0.3) is 6.08 Å². The molecule has 1 N–H and O–H groups in total. The highest BCUT2D eigenvalue weighted by atomic mass is 79.9. The van der Waals surface area contributed by atoms with E-state index in [0.29, 0.717) is 11.9 Å². The van der Waals surface area contributed by atoms with Crippen LogP contribution in [-0.2, 0) is 11.3 Å². The molecule has 0 aromatic heterocycles. The van der Waals surface area contributed by atoms with Crippen molar-refractivity contribution in [2.45, 2.75) is 24.7 Å². The van der Waals surface area contributed by atoms with Crippen LogP contribution in [-0.4, -0.2) is 29.8 Å². The van der Waals surface area contributed by atoms with Gasteiger partial charge in [0, 0.05) is 11.2 Å². The largest absolute Gasteiger partial charge is 0.497 e. The minimum Gasteiger partial charge on any atom is -0.497 e. The normalized spacial score (nSPS) is 21.5. The number of methoxy groups -OCH3 is 1. The highest BCUT2D eigenvalue weighted by Crippen LogP contribution is 2.36. The Morgan fingerprint density at radius 1 is 1.29 bits per heavy atom. The Morgan fingerprint density at radius 3 is 2.79 bits per heavy atom. The Balaban J connectivity index is 1.95. The zero-order chi connectivity index (χ0) is 16.9. The standard InChI is InChI=1S/C20H21BrO3/c1-23-16-8-10-17-15(11-16)13-24-20(19(22)12-21)18(17)9-7-14-5-3-2-4-6-14/h2-11,18-20,22H,12-13H2,1H3/b9-7+/t18-,19+,20-/m0/s1. The van der Waals surface area contributed by atoms with Crippen LogP contribution in [0.1, 0.15) is 22.6 Å². The van der Waals surface area contributed by atoms with Crippen molar-refractivity contribution in [3.63, 3.8) is 0 Å². The first kappa shape index (κ1) is 17.2. The number of ether oxygens (including phenoxy) is 2. The molecule has 0 spiro atoms. The summed E-state index contributed by atoms with van der Waals surface area (Å²) in [5.41, 5.74) is 3.42. The van der Waals surface area contributed by atoms with Gasteiger partial charge < -0.3 is 14.6 Å². The van der Waals surface area contributed by atoms with E-state index in [1.165, 1.54) is 5.56 Å². The number of aliphatic hydroxyl groups is 1. The molecule has 0 saturated heterocycles. The van der Waals surface area contributed by atoms with Crippen molar-refractivity contribution in [1.82, 2.24) is 0 Å². The summed E-state index contributed by atoms with van der Waals surface area (Å²) < 4.78 is 11.3. The van der Waals surface area contributed by atoms with E-state index in [1.807, 2.05) is 30.3 Å². The quantitative estimate of drug-likeness (QED) is 0.781. The van der Waals surface area contributed by atoms with Gasteiger partial charge in [-0.15, -0.1) is 0 Å². The van der Waals surface area contributed by atoms with Gasteiger partial charge in [-0.3, -0.25) is 0 Å². The first-order valence-corrected chi connectivity index (χ1v) is 9.10. The van der Waals surface area contributed by atoms with Crippen LogP contribution in [0.3, 0.4) is 0 Å². The molecule has 126 valence electrons. The van der Waals surface area contributed by atoms with E-state index in [9.17, 15) is 5.11 Å². The molecular formula is C20H21BrO3. The molecule has 0 saturated carbocycles. The van der Waals surface area contributed by atoms with Crippen molar-refractivity contribution < 1.29 is 14.6 Å². The Hall–Kier alpha value is -1.62.